The minimum atomic E-state index is -1.47. The number of nitrogens with one attached hydrogen (secondary N) is 2. The van der Waals surface area contributed by atoms with Gasteiger partial charge < -0.3 is 45.1 Å². The third-order valence-electron chi connectivity index (χ3n) is 10.1. The van der Waals surface area contributed by atoms with Crippen LogP contribution in [0.2, 0.25) is 0 Å². The van der Waals surface area contributed by atoms with Gasteiger partial charge in [-0.3, -0.25) is 19.2 Å². The molecule has 0 aromatic heterocycles. The zero-order valence-corrected chi connectivity index (χ0v) is 36.9. The normalized spacial score (nSPS) is 17.4. The summed E-state index contributed by atoms with van der Waals surface area (Å²) in [5.74, 6) is -1.57. The standard InChI is InChI=1S/C43H71N5O10/c1-13-28(6)38(56-25-31(49)19-16-26(2)3)46-37(50)36(45-42(54)58-43(8,9)10)29(7)57-41(53)35(24-30-17-20-32(55-12)21-18-30)47(11)40(52)34-15-14-22-48(34)39(51)33(44)23-27(4)5/h17-18,20-21,26-29,33-36,38H,13-16,19,22-25,44H2,1-12H3,(H,45,54)(H,46,50)/t28-,29+,33-,34-,35-,36-,38-/m0/s1. The Balaban J connectivity index is 2.45. The summed E-state index contributed by atoms with van der Waals surface area (Å²) in [6.07, 6.45) is 0.00460. The van der Waals surface area contributed by atoms with E-state index in [1.807, 2.05) is 41.5 Å². The van der Waals surface area contributed by atoms with Gasteiger partial charge in [0, 0.05) is 32.4 Å². The number of esters is 1. The molecule has 1 heterocycles. The van der Waals surface area contributed by atoms with Crippen molar-refractivity contribution in [1.82, 2.24) is 20.4 Å². The minimum Gasteiger partial charge on any atom is -0.497 e. The van der Waals surface area contributed by atoms with E-state index in [1.54, 1.807) is 45.0 Å². The first-order chi connectivity index (χ1) is 27.1. The highest BCUT2D eigenvalue weighted by Gasteiger charge is 2.42. The zero-order chi connectivity index (χ0) is 43.9. The molecule has 1 aromatic carbocycles. The number of hydrogen-bond donors (Lipinski definition) is 3. The number of alkyl carbamates (subject to hydrolysis) is 1. The van der Waals surface area contributed by atoms with Crippen LogP contribution in [0.3, 0.4) is 0 Å². The molecule has 0 bridgehead atoms. The number of methoxy groups -OCH3 is 1. The van der Waals surface area contributed by atoms with E-state index in [2.05, 4.69) is 10.6 Å². The third kappa shape index (κ3) is 16.2. The Bertz CT molecular complexity index is 1510. The number of carbonyl (C=O) groups excluding carboxylic acids is 6. The summed E-state index contributed by atoms with van der Waals surface area (Å²) < 4.78 is 22.7. The predicted octanol–water partition coefficient (Wildman–Crippen LogP) is 4.76. The van der Waals surface area contributed by atoms with Crippen LogP contribution in [0.25, 0.3) is 0 Å². The Morgan fingerprint density at radius 1 is 0.966 bits per heavy atom. The van der Waals surface area contributed by atoms with Gasteiger partial charge in [-0.05, 0) is 89.3 Å². The molecule has 15 heteroatoms. The molecule has 58 heavy (non-hydrogen) atoms. The Kier molecular flexibility index (Phi) is 20.1. The van der Waals surface area contributed by atoms with Crippen molar-refractivity contribution in [2.75, 3.05) is 27.3 Å². The van der Waals surface area contributed by atoms with Gasteiger partial charge >= 0.3 is 12.1 Å². The van der Waals surface area contributed by atoms with Crippen LogP contribution in [0.4, 0.5) is 4.79 Å². The molecule has 0 spiro atoms. The van der Waals surface area contributed by atoms with Crippen LogP contribution in [0.5, 0.6) is 5.75 Å². The maximum atomic E-state index is 14.3. The zero-order valence-electron chi connectivity index (χ0n) is 36.9. The molecule has 15 nitrogen and oxygen atoms in total. The molecule has 7 atom stereocenters. The number of hydrogen-bond acceptors (Lipinski definition) is 11. The van der Waals surface area contributed by atoms with Gasteiger partial charge in [0.1, 0.15) is 48.4 Å². The van der Waals surface area contributed by atoms with Crippen LogP contribution in [-0.4, -0.2) is 115 Å². The summed E-state index contributed by atoms with van der Waals surface area (Å²) in [5.41, 5.74) is 6.03. The molecule has 1 fully saturated rings. The van der Waals surface area contributed by atoms with E-state index >= 15 is 0 Å². The van der Waals surface area contributed by atoms with E-state index in [9.17, 15) is 28.8 Å². The second kappa shape index (κ2) is 23.4. The van der Waals surface area contributed by atoms with Crippen LogP contribution >= 0.6 is 0 Å². The summed E-state index contributed by atoms with van der Waals surface area (Å²) in [6, 6.07) is 2.71. The van der Waals surface area contributed by atoms with Crippen molar-refractivity contribution in [3.8, 4) is 5.75 Å². The van der Waals surface area contributed by atoms with Crippen LogP contribution in [0.15, 0.2) is 24.3 Å². The number of ketones is 1. The molecule has 2 rings (SSSR count). The Morgan fingerprint density at radius 3 is 2.16 bits per heavy atom. The van der Waals surface area contributed by atoms with Gasteiger partial charge in [0.2, 0.25) is 17.7 Å². The lowest BCUT2D eigenvalue weighted by atomic mass is 10.0. The topological polar surface area (TPSA) is 196 Å². The third-order valence-corrected chi connectivity index (χ3v) is 10.1. The van der Waals surface area contributed by atoms with E-state index in [-0.39, 0.29) is 36.6 Å². The van der Waals surface area contributed by atoms with Gasteiger partial charge in [-0.25, -0.2) is 9.59 Å². The average Bonchev–Trinajstić information content (AvgIpc) is 3.64. The fourth-order valence-corrected chi connectivity index (χ4v) is 6.52. The van der Waals surface area contributed by atoms with Crippen LogP contribution in [0, 0.1) is 17.8 Å². The minimum absolute atomic E-state index is 0.0242. The molecule has 0 unspecified atom stereocenters. The lowest BCUT2D eigenvalue weighted by molar-refractivity contribution is -0.162. The Morgan fingerprint density at radius 2 is 1.60 bits per heavy atom. The summed E-state index contributed by atoms with van der Waals surface area (Å²) in [6.45, 7) is 18.4. The van der Waals surface area contributed by atoms with Gasteiger partial charge in [-0.2, -0.15) is 0 Å². The molecule has 0 saturated carbocycles. The van der Waals surface area contributed by atoms with Crippen molar-refractivity contribution in [3.05, 3.63) is 29.8 Å². The number of likely N-dealkylation sites (tertiary alicyclic amines) is 1. The molecular weight excluding hydrogens is 746 g/mol. The van der Waals surface area contributed by atoms with Crippen molar-refractivity contribution < 1.29 is 47.7 Å². The predicted molar refractivity (Wildman–Crippen MR) is 221 cm³/mol. The Labute approximate surface area is 345 Å². The number of ether oxygens (including phenoxy) is 4. The van der Waals surface area contributed by atoms with Crippen molar-refractivity contribution >= 4 is 35.6 Å². The number of benzene rings is 1. The Hall–Kier alpha value is -4.24. The number of nitrogens with two attached hydrogens (primary N) is 1. The summed E-state index contributed by atoms with van der Waals surface area (Å²) in [4.78, 5) is 84.5. The second-order valence-corrected chi connectivity index (χ2v) is 17.3. The van der Waals surface area contributed by atoms with E-state index in [0.717, 1.165) is 0 Å². The van der Waals surface area contributed by atoms with Gasteiger partial charge in [0.05, 0.1) is 13.2 Å². The molecule has 4 amide bonds. The monoisotopic (exact) mass is 818 g/mol. The van der Waals surface area contributed by atoms with E-state index in [1.165, 1.54) is 30.9 Å². The first kappa shape index (κ1) is 49.9. The molecule has 4 N–H and O–H groups in total. The number of amides is 4. The molecule has 0 aliphatic carbocycles. The largest absolute Gasteiger partial charge is 0.497 e. The summed E-state index contributed by atoms with van der Waals surface area (Å²) in [7, 11) is 3.02. The number of nitrogens with zero attached hydrogens (tertiary/aromatic N) is 2. The maximum absolute atomic E-state index is 14.3. The van der Waals surface area contributed by atoms with Crippen LogP contribution in [0.1, 0.15) is 113 Å². The molecule has 1 aliphatic rings. The highest BCUT2D eigenvalue weighted by Crippen LogP contribution is 2.24. The quantitative estimate of drug-likeness (QED) is 0.108. The van der Waals surface area contributed by atoms with Crippen molar-refractivity contribution in [2.45, 2.75) is 156 Å². The molecule has 0 radical (unpaired) electrons. The van der Waals surface area contributed by atoms with Gasteiger partial charge in [-0.1, -0.05) is 53.7 Å². The maximum Gasteiger partial charge on any atom is 0.408 e. The molecule has 1 aromatic rings. The fraction of sp³-hybridized carbons (Fsp3) is 0.721. The molecule has 1 saturated heterocycles. The highest BCUT2D eigenvalue weighted by molar-refractivity contribution is 5.93. The molecular formula is C43H71N5O10. The van der Waals surface area contributed by atoms with E-state index in [4.69, 9.17) is 24.7 Å². The molecule has 1 aliphatic heterocycles. The van der Waals surface area contributed by atoms with Crippen molar-refractivity contribution in [3.63, 3.8) is 0 Å². The van der Waals surface area contributed by atoms with Gasteiger partial charge in [0.15, 0.2) is 5.78 Å². The van der Waals surface area contributed by atoms with Gasteiger partial charge in [-0.15, -0.1) is 0 Å². The van der Waals surface area contributed by atoms with Crippen LogP contribution < -0.4 is 21.1 Å². The number of carbonyl (C=O) groups is 6. The van der Waals surface area contributed by atoms with Crippen molar-refractivity contribution in [2.24, 2.45) is 23.5 Å². The number of Topliss-reactive ketones (excluding diaryl/α,β-unsaturated/α-hetero) is 1. The average molecular weight is 818 g/mol. The lowest BCUT2D eigenvalue weighted by Crippen LogP contribution is -2.58. The lowest BCUT2D eigenvalue weighted by Gasteiger charge is -2.34. The fourth-order valence-electron chi connectivity index (χ4n) is 6.52. The summed E-state index contributed by atoms with van der Waals surface area (Å²) in [5, 5.41) is 5.36. The second-order valence-electron chi connectivity index (χ2n) is 17.3. The first-order valence-electron chi connectivity index (χ1n) is 20.7. The van der Waals surface area contributed by atoms with E-state index in [0.29, 0.717) is 62.3 Å². The van der Waals surface area contributed by atoms with E-state index < -0.39 is 66.0 Å². The number of likely N-dealkylation sites (N-methyl/N-ethyl adjacent to an activating group) is 1. The molecule has 328 valence electrons. The SMILES string of the molecule is CC[C@H](C)[C@@H](NC(=O)[C@@H](NC(=O)OC(C)(C)C)[C@@H](C)OC(=O)[C@H](Cc1ccc(OC)cc1)N(C)C(=O)[C@@H]1CCCN1C(=O)[C@@H](N)CC(C)C)OCC(=O)CCC(C)C. The number of rotatable bonds is 22. The van der Waals surface area contributed by atoms with Crippen LogP contribution in [-0.2, 0) is 44.6 Å². The van der Waals surface area contributed by atoms with Gasteiger partial charge in [0.25, 0.3) is 0 Å². The smallest absolute Gasteiger partial charge is 0.408 e. The first-order valence-corrected chi connectivity index (χ1v) is 20.7. The summed E-state index contributed by atoms with van der Waals surface area (Å²) >= 11 is 0. The highest BCUT2D eigenvalue weighted by atomic mass is 16.6. The van der Waals surface area contributed by atoms with Crippen molar-refractivity contribution in [1.29, 1.82) is 0 Å².